The molecule has 0 unspecified atom stereocenters. The number of hydrogen-bond acceptors (Lipinski definition) is 4. The van der Waals surface area contributed by atoms with Gasteiger partial charge in [-0.3, -0.25) is 4.72 Å². The van der Waals surface area contributed by atoms with Crippen LogP contribution in [0.2, 0.25) is 10.0 Å². The summed E-state index contributed by atoms with van der Waals surface area (Å²) in [5.74, 6) is 0.417. The number of nitrogens with one attached hydrogen (secondary N) is 1. The van der Waals surface area contributed by atoms with Crippen LogP contribution >= 0.6 is 23.2 Å². The van der Waals surface area contributed by atoms with E-state index < -0.39 is 21.9 Å². The van der Waals surface area contributed by atoms with Crippen LogP contribution in [0.5, 0.6) is 5.75 Å². The van der Waals surface area contributed by atoms with Crippen LogP contribution in [0.4, 0.5) is 18.9 Å². The van der Waals surface area contributed by atoms with Gasteiger partial charge in [0.1, 0.15) is 18.0 Å². The molecule has 0 atom stereocenters. The van der Waals surface area contributed by atoms with E-state index >= 15 is 0 Å². The van der Waals surface area contributed by atoms with E-state index in [2.05, 4.69) is 9.82 Å². The van der Waals surface area contributed by atoms with Crippen LogP contribution in [0.1, 0.15) is 11.4 Å². The normalized spacial score (nSPS) is 11.9. The van der Waals surface area contributed by atoms with Crippen molar-refractivity contribution in [1.82, 2.24) is 9.78 Å². The van der Waals surface area contributed by atoms with Crippen LogP contribution in [-0.2, 0) is 22.8 Å². The zero-order valence-corrected chi connectivity index (χ0v) is 20.9. The number of alkyl halides is 3. The Labute approximate surface area is 215 Å². The highest BCUT2D eigenvalue weighted by atomic mass is 35.5. The Bertz CT molecular complexity index is 1470. The van der Waals surface area contributed by atoms with E-state index in [1.807, 2.05) is 0 Å². The van der Waals surface area contributed by atoms with Crippen LogP contribution in [0.3, 0.4) is 0 Å². The van der Waals surface area contributed by atoms with Crippen molar-refractivity contribution in [1.29, 1.82) is 0 Å². The van der Waals surface area contributed by atoms with Gasteiger partial charge in [0.05, 0.1) is 22.0 Å². The summed E-state index contributed by atoms with van der Waals surface area (Å²) in [4.78, 5) is 0. The molecule has 0 spiro atoms. The first-order valence-electron chi connectivity index (χ1n) is 10.3. The van der Waals surface area contributed by atoms with E-state index in [0.29, 0.717) is 11.4 Å². The van der Waals surface area contributed by atoms with Gasteiger partial charge in [-0.05, 0) is 53.6 Å². The van der Waals surface area contributed by atoms with Crippen LogP contribution in [0.15, 0.2) is 72.8 Å². The van der Waals surface area contributed by atoms with Crippen LogP contribution in [0, 0.1) is 0 Å². The molecule has 4 aromatic rings. The zero-order chi connectivity index (χ0) is 26.1. The van der Waals surface area contributed by atoms with Crippen LogP contribution in [-0.4, -0.2) is 24.5 Å². The SMILES string of the molecule is CS(=O)(=O)Nc1ccc(-c2ccc(OCc3cc(C(F)(F)F)nn3-c3c(Cl)cccc3Cl)cc2)cc1. The highest BCUT2D eigenvalue weighted by molar-refractivity contribution is 7.92. The Hall–Kier alpha value is -3.21. The molecule has 1 heterocycles. The van der Waals surface area contributed by atoms with Gasteiger partial charge in [0, 0.05) is 5.69 Å². The van der Waals surface area contributed by atoms with Gasteiger partial charge in [-0.15, -0.1) is 0 Å². The molecule has 36 heavy (non-hydrogen) atoms. The van der Waals surface area contributed by atoms with Crippen LogP contribution in [0.25, 0.3) is 16.8 Å². The predicted octanol–water partition coefficient (Wildman–Crippen LogP) is 6.82. The van der Waals surface area contributed by atoms with Crippen LogP contribution < -0.4 is 9.46 Å². The minimum Gasteiger partial charge on any atom is -0.487 e. The summed E-state index contributed by atoms with van der Waals surface area (Å²) in [5, 5.41) is 3.95. The van der Waals surface area contributed by atoms with Crippen molar-refractivity contribution in [2.24, 2.45) is 0 Å². The van der Waals surface area contributed by atoms with Gasteiger partial charge >= 0.3 is 6.18 Å². The van der Waals surface area contributed by atoms with Gasteiger partial charge in [-0.25, -0.2) is 13.1 Å². The Balaban J connectivity index is 1.54. The molecule has 1 aromatic heterocycles. The lowest BCUT2D eigenvalue weighted by Gasteiger charge is -2.12. The monoisotopic (exact) mass is 555 g/mol. The summed E-state index contributed by atoms with van der Waals surface area (Å²) in [5.41, 5.74) is 1.24. The molecule has 4 rings (SSSR count). The molecule has 188 valence electrons. The number of aromatic nitrogens is 2. The minimum absolute atomic E-state index is 0.107. The molecule has 0 bridgehead atoms. The van der Waals surface area contributed by atoms with Gasteiger partial charge < -0.3 is 4.74 Å². The topological polar surface area (TPSA) is 73.2 Å². The number of anilines is 1. The Kier molecular flexibility index (Phi) is 7.21. The summed E-state index contributed by atoms with van der Waals surface area (Å²) in [7, 11) is -3.37. The summed E-state index contributed by atoms with van der Waals surface area (Å²) in [6.07, 6.45) is -3.60. The lowest BCUT2D eigenvalue weighted by molar-refractivity contribution is -0.141. The van der Waals surface area contributed by atoms with E-state index in [-0.39, 0.29) is 28.0 Å². The number of ether oxygens (including phenoxy) is 1. The molecule has 0 aliphatic heterocycles. The molecule has 0 radical (unpaired) electrons. The fourth-order valence-electron chi connectivity index (χ4n) is 3.39. The molecule has 6 nitrogen and oxygen atoms in total. The van der Waals surface area contributed by atoms with Gasteiger partial charge in [0.2, 0.25) is 10.0 Å². The maximum atomic E-state index is 13.4. The number of halogens is 5. The largest absolute Gasteiger partial charge is 0.487 e. The highest BCUT2D eigenvalue weighted by Gasteiger charge is 2.35. The van der Waals surface area contributed by atoms with Crippen molar-refractivity contribution in [2.75, 3.05) is 11.0 Å². The van der Waals surface area contributed by atoms with Crippen molar-refractivity contribution < 1.29 is 26.3 Å². The number of para-hydroxylation sites is 1. The van der Waals surface area contributed by atoms with E-state index in [4.69, 9.17) is 27.9 Å². The molecule has 0 saturated carbocycles. The smallest absolute Gasteiger partial charge is 0.435 e. The van der Waals surface area contributed by atoms with Crippen molar-refractivity contribution >= 4 is 38.9 Å². The zero-order valence-electron chi connectivity index (χ0n) is 18.6. The summed E-state index contributed by atoms with van der Waals surface area (Å²) < 4.78 is 71.9. The van der Waals surface area contributed by atoms with Gasteiger partial charge in [0.25, 0.3) is 0 Å². The maximum absolute atomic E-state index is 13.4. The van der Waals surface area contributed by atoms with Crippen molar-refractivity contribution in [3.8, 4) is 22.6 Å². The second-order valence-electron chi connectivity index (χ2n) is 7.77. The molecule has 12 heteroatoms. The minimum atomic E-state index is -4.66. The standard InChI is InChI=1S/C24H18Cl2F3N3O3S/c1-36(33,34)31-17-9-5-15(6-10-17)16-7-11-19(12-8-16)35-14-18-13-22(24(27,28)29)30-32(18)23-20(25)3-2-4-21(23)26/h2-13,31H,14H2,1H3. The molecule has 3 aromatic carbocycles. The van der Waals surface area contributed by atoms with E-state index in [1.54, 1.807) is 54.6 Å². The lowest BCUT2D eigenvalue weighted by atomic mass is 10.1. The van der Waals surface area contributed by atoms with Crippen molar-refractivity contribution in [3.05, 3.63) is 94.2 Å². The molecule has 0 saturated heterocycles. The number of benzene rings is 3. The molecule has 0 fully saturated rings. The third-order valence-corrected chi connectivity index (χ3v) is 6.20. The number of rotatable bonds is 7. The number of nitrogens with zero attached hydrogens (tertiary/aromatic N) is 2. The summed E-state index contributed by atoms with van der Waals surface area (Å²) in [6.45, 7) is -0.226. The summed E-state index contributed by atoms with van der Waals surface area (Å²) >= 11 is 12.4. The Morgan fingerprint density at radius 3 is 2.03 bits per heavy atom. The second kappa shape index (κ2) is 10.0. The molecule has 0 amide bonds. The van der Waals surface area contributed by atoms with E-state index in [0.717, 1.165) is 28.1 Å². The highest BCUT2D eigenvalue weighted by Crippen LogP contribution is 2.34. The van der Waals surface area contributed by atoms with Gasteiger partial charge in [0.15, 0.2) is 5.69 Å². The van der Waals surface area contributed by atoms with Crippen molar-refractivity contribution in [3.63, 3.8) is 0 Å². The number of sulfonamides is 1. The number of hydrogen-bond donors (Lipinski definition) is 1. The molecule has 0 aliphatic carbocycles. The first-order valence-corrected chi connectivity index (χ1v) is 13.0. The maximum Gasteiger partial charge on any atom is 0.435 e. The first-order chi connectivity index (χ1) is 16.9. The molecule has 0 aliphatic rings. The van der Waals surface area contributed by atoms with Gasteiger partial charge in [-0.2, -0.15) is 18.3 Å². The van der Waals surface area contributed by atoms with E-state index in [1.165, 1.54) is 12.1 Å². The van der Waals surface area contributed by atoms with Crippen molar-refractivity contribution in [2.45, 2.75) is 12.8 Å². The molecule has 1 N–H and O–H groups in total. The van der Waals surface area contributed by atoms with E-state index in [9.17, 15) is 21.6 Å². The Morgan fingerprint density at radius 1 is 0.944 bits per heavy atom. The second-order valence-corrected chi connectivity index (χ2v) is 10.3. The fraction of sp³-hybridized carbons (Fsp3) is 0.125. The average Bonchev–Trinajstić information content (AvgIpc) is 3.22. The molecular weight excluding hydrogens is 538 g/mol. The average molecular weight is 556 g/mol. The fourth-order valence-corrected chi connectivity index (χ4v) is 4.51. The lowest BCUT2D eigenvalue weighted by Crippen LogP contribution is -2.09. The quantitative estimate of drug-likeness (QED) is 0.271. The predicted molar refractivity (Wildman–Crippen MR) is 133 cm³/mol. The summed E-state index contributed by atoms with van der Waals surface area (Å²) in [6, 6.07) is 19.2. The third kappa shape index (κ3) is 6.13. The third-order valence-electron chi connectivity index (χ3n) is 4.99. The molecular formula is C24H18Cl2F3N3O3S. The Morgan fingerprint density at radius 2 is 1.50 bits per heavy atom. The van der Waals surface area contributed by atoms with Gasteiger partial charge in [-0.1, -0.05) is 53.5 Å². The first kappa shape index (κ1) is 25.9.